The summed E-state index contributed by atoms with van der Waals surface area (Å²) in [5.41, 5.74) is 5.79. The summed E-state index contributed by atoms with van der Waals surface area (Å²) in [7, 11) is 0. The number of hydrogen-bond donors (Lipinski definition) is 3. The average Bonchev–Trinajstić information content (AvgIpc) is 1.73. The molecule has 0 fully saturated rings. The van der Waals surface area contributed by atoms with Crippen LogP contribution in [-0.4, -0.2) is 77.9 Å². The predicted molar refractivity (Wildman–Crippen MR) is 410 cm³/mol. The van der Waals surface area contributed by atoms with Crippen LogP contribution in [0.2, 0.25) is 24.9 Å². The zero-order valence-corrected chi connectivity index (χ0v) is 70.6. The first-order chi connectivity index (χ1) is 58.1. The van der Waals surface area contributed by atoms with Gasteiger partial charge in [-0.2, -0.15) is 116 Å². The van der Waals surface area contributed by atoms with Crippen LogP contribution in [0.15, 0.2) is 197 Å². The number of benzene rings is 8. The molecule has 1 aromatic heterocycles. The fourth-order valence-electron chi connectivity index (χ4n) is 10.7. The van der Waals surface area contributed by atoms with Crippen LogP contribution in [0.25, 0.3) is 10.4 Å². The van der Waals surface area contributed by atoms with Crippen molar-refractivity contribution in [3.8, 4) is 29.1 Å². The quantitative estimate of drug-likeness (QED) is 0.00822. The molecule has 0 bridgehead atoms. The molecular weight excluding hydrogens is 1840 g/mol. The number of nitrogens with two attached hydrogens (primary N) is 2. The minimum absolute atomic E-state index is 0.00443. The van der Waals surface area contributed by atoms with Gasteiger partial charge >= 0.3 is 175 Å². The minimum atomic E-state index is -4.68. The molecule has 9 aromatic rings. The van der Waals surface area contributed by atoms with Gasteiger partial charge in [0.05, 0.1) is 51.1 Å². The molecule has 0 saturated heterocycles. The van der Waals surface area contributed by atoms with Gasteiger partial charge in [0.25, 0.3) is 11.7 Å². The Morgan fingerprint density at radius 3 is 1.00 bits per heavy atom. The van der Waals surface area contributed by atoms with Gasteiger partial charge < -0.3 is 34.1 Å². The van der Waals surface area contributed by atoms with E-state index in [1.807, 2.05) is 0 Å². The second-order valence-electron chi connectivity index (χ2n) is 26.9. The van der Waals surface area contributed by atoms with Crippen molar-refractivity contribution in [3.05, 3.63) is 277 Å². The number of carbonyl (C=O) groups excluding carboxylic acids is 3. The summed E-state index contributed by atoms with van der Waals surface area (Å²) in [4.78, 5) is 38.6. The van der Waals surface area contributed by atoms with Crippen LogP contribution in [0.5, 0.6) is 23.0 Å². The average molecular weight is 1920 g/mol. The molecule has 44 heteroatoms. The zero-order valence-electron chi connectivity index (χ0n) is 66.6. The number of primary amides is 1. The predicted octanol–water partition coefficient (Wildman–Crippen LogP) is 24.9. The van der Waals surface area contributed by atoms with E-state index in [2.05, 4.69) is 61.2 Å². The van der Waals surface area contributed by atoms with Gasteiger partial charge in [-0.25, -0.2) is 4.79 Å². The Balaban J connectivity index is 0.000000327. The molecule has 0 aliphatic heterocycles. The summed E-state index contributed by atoms with van der Waals surface area (Å²) in [6.07, 6.45) is -35.3. The second-order valence-corrected chi connectivity index (χ2v) is 41.3. The van der Waals surface area contributed by atoms with Crippen molar-refractivity contribution in [2.45, 2.75) is 165 Å². The van der Waals surface area contributed by atoms with E-state index in [-0.39, 0.29) is 57.7 Å². The summed E-state index contributed by atoms with van der Waals surface area (Å²) in [5, 5.41) is 21.7. The van der Waals surface area contributed by atoms with Crippen LogP contribution in [0.3, 0.4) is 0 Å². The largest absolute Gasteiger partial charge is 0.478 e. The molecule has 5 N–H and O–H groups in total. The smallest absolute Gasteiger partial charge is 0.416 e. The number of ether oxygens (including phenoxy) is 5. The van der Waals surface area contributed by atoms with Crippen molar-refractivity contribution >= 4 is 50.7 Å². The van der Waals surface area contributed by atoms with Crippen LogP contribution in [-0.2, 0) is 68.5 Å². The van der Waals surface area contributed by atoms with Crippen LogP contribution >= 0.6 is 0 Å². The number of hydrogen-bond acceptors (Lipinski definition) is 14. The molecule has 125 heavy (non-hydrogen) atoms. The Morgan fingerprint density at radius 2 is 0.728 bits per heavy atom. The van der Waals surface area contributed by atoms with Gasteiger partial charge in [0.2, 0.25) is 18.0 Å². The van der Waals surface area contributed by atoms with E-state index < -0.39 is 169 Å². The number of esters is 1. The SMILES string of the molecule is CCC[CH2][Sn]([CH2]CCC)([CH2]CCC)[N]=[N+]=[N-].CCOC(=O)C(Oc1ccc(C(F)(F)F)cc1)c1cccc(C(F)(F)F)c1.FC(F)(F)c1ccc(OC(c2cccc(C(F)(F)F)c2)c2nn[nH]n2)cc1.N#CC(=O)C(Oc1ccc(C(F)(F)F)cc1)c1cccc(C(F)(F)F)c1.NC(=O)C(Oc1ccc(C(F)(F)F)cc1)c1cccc(C(F)(F)F)c1.[CH3][Al]([CH3])[NH2]. The summed E-state index contributed by atoms with van der Waals surface area (Å²) in [6.45, 7) is 8.13. The molecule has 0 spiro atoms. The van der Waals surface area contributed by atoms with Crippen LogP contribution in [0.1, 0.15) is 163 Å². The van der Waals surface area contributed by atoms with Gasteiger partial charge in [-0.1, -0.05) is 65.3 Å². The summed E-state index contributed by atoms with van der Waals surface area (Å²) in [6, 6.07) is 30.5. The Bertz CT molecular complexity index is 4890. The number of unbranched alkanes of at least 4 members (excludes halogenated alkanes) is 3. The Morgan fingerprint density at radius 1 is 0.448 bits per heavy atom. The van der Waals surface area contributed by atoms with E-state index in [9.17, 15) is 120 Å². The molecule has 1 heterocycles. The first-order valence-electron chi connectivity index (χ1n) is 37.1. The third-order valence-corrected chi connectivity index (χ3v) is 29.2. The number of alkyl halides is 24. The van der Waals surface area contributed by atoms with Gasteiger partial charge in [0.15, 0.2) is 12.2 Å². The van der Waals surface area contributed by atoms with Gasteiger partial charge in [0.1, 0.15) is 29.1 Å². The van der Waals surface area contributed by atoms with Crippen molar-refractivity contribution in [2.75, 3.05) is 6.61 Å². The Hall–Kier alpha value is -10.9. The number of Topliss-reactive ketones (excluding diaryl/α,β-unsaturated/α-hetero) is 1. The molecule has 9 rings (SSSR count). The maximum Gasteiger partial charge on any atom is 0.416 e. The first kappa shape index (κ1) is 106. The number of H-pyrrole nitrogens is 1. The van der Waals surface area contributed by atoms with Crippen molar-refractivity contribution in [3.63, 3.8) is 0 Å². The Labute approximate surface area is 708 Å². The fourth-order valence-corrected chi connectivity index (χ4v) is 22.9. The molecule has 676 valence electrons. The molecule has 4 atom stereocenters. The van der Waals surface area contributed by atoms with E-state index in [1.54, 1.807) is 0 Å². The Kier molecular flexibility index (Phi) is 40.8. The topological polar surface area (TPSA) is 276 Å². The zero-order chi connectivity index (χ0) is 94.1. The molecule has 0 radical (unpaired) electrons. The number of nitrogens with zero attached hydrogens (tertiary/aromatic N) is 7. The first-order valence-corrected chi connectivity index (χ1v) is 47.4. The van der Waals surface area contributed by atoms with Gasteiger partial charge in [-0.3, -0.25) is 9.59 Å². The van der Waals surface area contributed by atoms with E-state index >= 15 is 0 Å². The molecular formula is C81H79AlF24N10O8Sn. The molecule has 8 aromatic carbocycles. The van der Waals surface area contributed by atoms with E-state index in [4.69, 9.17) is 44.9 Å². The van der Waals surface area contributed by atoms with Crippen molar-refractivity contribution in [1.29, 1.82) is 5.26 Å². The number of azide groups is 1. The van der Waals surface area contributed by atoms with E-state index in [1.165, 1.54) is 89.1 Å². The van der Waals surface area contributed by atoms with E-state index in [0.717, 1.165) is 146 Å². The molecule has 0 aliphatic carbocycles. The van der Waals surface area contributed by atoms with Crippen molar-refractivity contribution in [1.82, 2.24) is 20.6 Å². The van der Waals surface area contributed by atoms with Crippen molar-refractivity contribution in [2.24, 2.45) is 13.8 Å². The number of ketones is 1. The second kappa shape index (κ2) is 48.0. The van der Waals surface area contributed by atoms with Gasteiger partial charge in [-0.05, 0) is 153 Å². The number of aromatic amines is 1. The van der Waals surface area contributed by atoms with Gasteiger partial charge in [-0.15, -0.1) is 10.2 Å². The number of amides is 1. The summed E-state index contributed by atoms with van der Waals surface area (Å²) < 4.78 is 345. The standard InChI is InChI=1S/C18H14F6O3.C17H9F6NO2.C16H10F6N4O.C16H11F6NO2.3C4H9.2CH3.Al.N3.H2N.Sn/c1-2-26-16(25)15(11-4-3-5-13(10-11)18(22,23)24)27-14-8-6-12(7-9-14)17(19,20)21;18-16(19,20)11-4-6-13(7-5-11)26-15(14(25)9-24)10-2-1-3-12(8-10)17(21,22)23;17-15(18,19)10-4-6-12(7-5-10)27-13(14-23-25-26-24-14)9-2-1-3-11(8-9)16(20,21)22;17-15(18,19)10-4-6-12(7-5-10)25-13(14(23)24)9-2-1-3-11(8-9)16(20,21)22;3*1-3-4-2;;;;1-3-2;;/h3-10,15H,2H2,1H3;1-8,15H;1-8,13H,(H,23,24,25,26);1-8,13H,(H2,23,24);3*1,3-4H2,2H3;2*1H3;;;1H2;/q;;;;;;;;;+1;2*-1;+1. The normalized spacial score (nSPS) is 12.8. The van der Waals surface area contributed by atoms with Crippen LogP contribution in [0.4, 0.5) is 105 Å². The summed E-state index contributed by atoms with van der Waals surface area (Å²) >= 11 is -3.09. The number of tetrazole rings is 1. The number of nitrogens with one attached hydrogen (secondary N) is 1. The monoisotopic (exact) mass is 1920 g/mol. The number of carbonyl (C=O) groups is 3. The molecule has 4 unspecified atom stereocenters. The van der Waals surface area contributed by atoms with Crippen LogP contribution < -0.4 is 29.4 Å². The molecule has 0 aliphatic rings. The molecule has 0 saturated carbocycles. The maximum absolute atomic E-state index is 13.0. The molecule has 1 amide bonds. The summed E-state index contributed by atoms with van der Waals surface area (Å²) in [5.74, 6) is 0.376. The fraction of sp³-hybridized carbons (Fsp3) is 0.346. The third-order valence-electron chi connectivity index (χ3n) is 16.8. The van der Waals surface area contributed by atoms with Crippen LogP contribution in [0, 0.1) is 11.3 Å². The number of aromatic nitrogens is 4. The van der Waals surface area contributed by atoms with E-state index in [0.29, 0.717) is 24.3 Å². The number of rotatable bonds is 27. The third kappa shape index (κ3) is 36.3. The number of nitriles is 1. The van der Waals surface area contributed by atoms with Gasteiger partial charge in [0, 0.05) is 22.3 Å². The number of halogens is 24. The van der Waals surface area contributed by atoms with Crippen molar-refractivity contribution < 1.29 is 143 Å². The maximum atomic E-state index is 13.0. The minimum Gasteiger partial charge on any atom is -0.478 e. The molecule has 18 nitrogen and oxygen atoms in total.